The van der Waals surface area contributed by atoms with Gasteiger partial charge in [0.15, 0.2) is 5.11 Å². The average molecular weight is 381 g/mol. The molecule has 0 atom stereocenters. The van der Waals surface area contributed by atoms with Crippen LogP contribution in [0, 0.1) is 0 Å². The molecule has 0 amide bonds. The normalized spacial score (nSPS) is 18.1. The number of thiophene rings is 1. The molecule has 0 spiro atoms. The second-order valence-electron chi connectivity index (χ2n) is 6.92. The molecule has 25 heavy (non-hydrogen) atoms. The number of nitrogens with one attached hydrogen (secondary N) is 2. The molecule has 2 aliphatic carbocycles. The quantitative estimate of drug-likeness (QED) is 0.446. The molecule has 1 aromatic heterocycles. The fraction of sp³-hybridized carbons (Fsp3) is 0.684. The molecule has 2 N–H and O–H groups in total. The molecule has 1 saturated carbocycles. The molecular weight excluding hydrogens is 352 g/mol. The number of rotatable bonds is 4. The number of hydrogen-bond donors (Lipinski definition) is 2. The molecule has 0 saturated heterocycles. The zero-order valence-corrected chi connectivity index (χ0v) is 16.6. The summed E-state index contributed by atoms with van der Waals surface area (Å²) in [5.41, 5.74) is 1.90. The van der Waals surface area contributed by atoms with Crippen molar-refractivity contribution >= 4 is 39.6 Å². The molecule has 0 aliphatic heterocycles. The number of fused-ring (bicyclic) bond motifs is 1. The highest BCUT2D eigenvalue weighted by molar-refractivity contribution is 7.80. The maximum absolute atomic E-state index is 12.6. The number of anilines is 1. The Kier molecular flexibility index (Phi) is 6.70. The SMILES string of the molecule is CCOC(=O)c1c(NC(=S)NC2CCCCC2)sc2c1CCCCC2. The van der Waals surface area contributed by atoms with Crippen LogP contribution in [0.5, 0.6) is 0 Å². The van der Waals surface area contributed by atoms with Gasteiger partial charge >= 0.3 is 5.97 Å². The Morgan fingerprint density at radius 2 is 1.88 bits per heavy atom. The Morgan fingerprint density at radius 3 is 2.64 bits per heavy atom. The van der Waals surface area contributed by atoms with Crippen molar-refractivity contribution in [2.45, 2.75) is 77.2 Å². The molecular formula is C19H28N2O2S2. The van der Waals surface area contributed by atoms with Gasteiger partial charge in [0.1, 0.15) is 5.00 Å². The van der Waals surface area contributed by atoms with Crippen LogP contribution in [0.25, 0.3) is 0 Å². The highest BCUT2D eigenvalue weighted by atomic mass is 32.1. The van der Waals surface area contributed by atoms with Gasteiger partial charge < -0.3 is 15.4 Å². The van der Waals surface area contributed by atoms with Gasteiger partial charge in [-0.05, 0) is 63.2 Å². The minimum absolute atomic E-state index is 0.218. The summed E-state index contributed by atoms with van der Waals surface area (Å²) in [7, 11) is 0. The summed E-state index contributed by atoms with van der Waals surface area (Å²) in [6, 6.07) is 0.456. The topological polar surface area (TPSA) is 50.4 Å². The first-order valence-electron chi connectivity index (χ1n) is 9.58. The number of hydrogen-bond acceptors (Lipinski definition) is 4. The first-order valence-corrected chi connectivity index (χ1v) is 10.8. The van der Waals surface area contributed by atoms with Crippen molar-refractivity contribution in [2.24, 2.45) is 0 Å². The summed E-state index contributed by atoms with van der Waals surface area (Å²) in [5, 5.41) is 8.24. The van der Waals surface area contributed by atoms with Gasteiger partial charge in [0.05, 0.1) is 12.2 Å². The van der Waals surface area contributed by atoms with Gasteiger partial charge in [-0.25, -0.2) is 4.79 Å². The lowest BCUT2D eigenvalue weighted by Crippen LogP contribution is -2.38. The van der Waals surface area contributed by atoms with Gasteiger partial charge in [0.2, 0.25) is 0 Å². The predicted molar refractivity (Wildman–Crippen MR) is 108 cm³/mol. The molecule has 1 fully saturated rings. The van der Waals surface area contributed by atoms with Crippen LogP contribution in [-0.2, 0) is 17.6 Å². The Morgan fingerprint density at radius 1 is 1.16 bits per heavy atom. The highest BCUT2D eigenvalue weighted by Crippen LogP contribution is 2.38. The predicted octanol–water partition coefficient (Wildman–Crippen LogP) is 4.81. The third-order valence-corrected chi connectivity index (χ3v) is 6.50. The summed E-state index contributed by atoms with van der Waals surface area (Å²) in [4.78, 5) is 13.9. The molecule has 0 aromatic carbocycles. The fourth-order valence-corrected chi connectivity index (χ4v) is 5.44. The van der Waals surface area contributed by atoms with Crippen LogP contribution in [0.15, 0.2) is 0 Å². The van der Waals surface area contributed by atoms with E-state index in [0.29, 0.717) is 17.8 Å². The van der Waals surface area contributed by atoms with Gasteiger partial charge in [-0.2, -0.15) is 0 Å². The van der Waals surface area contributed by atoms with Crippen LogP contribution in [0.4, 0.5) is 5.00 Å². The minimum atomic E-state index is -0.218. The first kappa shape index (κ1) is 18.6. The van der Waals surface area contributed by atoms with Gasteiger partial charge in [-0.3, -0.25) is 0 Å². The zero-order valence-electron chi connectivity index (χ0n) is 15.0. The first-order chi connectivity index (χ1) is 12.2. The third kappa shape index (κ3) is 4.73. The number of carbonyl (C=O) groups is 1. The number of thiocarbonyl (C=S) groups is 1. The lowest BCUT2D eigenvalue weighted by atomic mass is 9.96. The van der Waals surface area contributed by atoms with Crippen molar-refractivity contribution in [3.05, 3.63) is 16.0 Å². The number of aryl methyl sites for hydroxylation is 1. The summed E-state index contributed by atoms with van der Waals surface area (Å²) in [6.45, 7) is 2.25. The summed E-state index contributed by atoms with van der Waals surface area (Å²) >= 11 is 7.21. The molecule has 1 aromatic rings. The van der Waals surface area contributed by atoms with Gasteiger partial charge in [0.25, 0.3) is 0 Å². The van der Waals surface area contributed by atoms with Crippen molar-refractivity contribution in [1.82, 2.24) is 5.32 Å². The molecule has 1 heterocycles. The van der Waals surface area contributed by atoms with E-state index in [0.717, 1.165) is 29.8 Å². The smallest absolute Gasteiger partial charge is 0.341 e. The number of carbonyl (C=O) groups excluding carboxylic acids is 1. The van der Waals surface area contributed by atoms with E-state index >= 15 is 0 Å². The van der Waals surface area contributed by atoms with Crippen LogP contribution >= 0.6 is 23.6 Å². The van der Waals surface area contributed by atoms with Crippen molar-refractivity contribution in [1.29, 1.82) is 0 Å². The van der Waals surface area contributed by atoms with Gasteiger partial charge in [-0.15, -0.1) is 11.3 Å². The summed E-state index contributed by atoms with van der Waals surface area (Å²) in [5.74, 6) is -0.218. The molecule has 3 rings (SSSR count). The van der Waals surface area contributed by atoms with E-state index in [-0.39, 0.29) is 5.97 Å². The maximum atomic E-state index is 12.6. The Bertz CT molecular complexity index is 621. The molecule has 6 heteroatoms. The van der Waals surface area contributed by atoms with Crippen LogP contribution < -0.4 is 10.6 Å². The molecule has 0 radical (unpaired) electrons. The lowest BCUT2D eigenvalue weighted by molar-refractivity contribution is 0.0527. The van der Waals surface area contributed by atoms with E-state index in [4.69, 9.17) is 17.0 Å². The molecule has 0 unspecified atom stereocenters. The Labute approximate surface area is 159 Å². The van der Waals surface area contributed by atoms with E-state index in [2.05, 4.69) is 10.6 Å². The van der Waals surface area contributed by atoms with E-state index in [1.807, 2.05) is 6.92 Å². The largest absolute Gasteiger partial charge is 0.462 e. The van der Waals surface area contributed by atoms with Crippen LogP contribution in [0.3, 0.4) is 0 Å². The van der Waals surface area contributed by atoms with Gasteiger partial charge in [-0.1, -0.05) is 25.7 Å². The van der Waals surface area contributed by atoms with Crippen LogP contribution in [0.1, 0.15) is 79.1 Å². The molecule has 2 aliphatic rings. The van der Waals surface area contributed by atoms with Crippen molar-refractivity contribution in [3.63, 3.8) is 0 Å². The van der Waals surface area contributed by atoms with Crippen molar-refractivity contribution in [2.75, 3.05) is 11.9 Å². The monoisotopic (exact) mass is 380 g/mol. The molecule has 0 bridgehead atoms. The molecule has 4 nitrogen and oxygen atoms in total. The van der Waals surface area contributed by atoms with Crippen LogP contribution in [0.2, 0.25) is 0 Å². The maximum Gasteiger partial charge on any atom is 0.341 e. The Hall–Kier alpha value is -1.14. The third-order valence-electron chi connectivity index (χ3n) is 5.07. The average Bonchev–Trinajstić information content (AvgIpc) is 2.77. The van der Waals surface area contributed by atoms with E-state index in [9.17, 15) is 4.79 Å². The van der Waals surface area contributed by atoms with E-state index in [1.54, 1.807) is 11.3 Å². The second kappa shape index (κ2) is 8.99. The van der Waals surface area contributed by atoms with Crippen molar-refractivity contribution in [3.8, 4) is 0 Å². The van der Waals surface area contributed by atoms with E-state index in [1.165, 1.54) is 55.4 Å². The van der Waals surface area contributed by atoms with Crippen molar-refractivity contribution < 1.29 is 9.53 Å². The summed E-state index contributed by atoms with van der Waals surface area (Å²) < 4.78 is 5.33. The summed E-state index contributed by atoms with van der Waals surface area (Å²) in [6.07, 6.45) is 11.8. The van der Waals surface area contributed by atoms with E-state index < -0.39 is 0 Å². The standard InChI is InChI=1S/C19H28N2O2S2/c1-2-23-18(22)16-14-11-7-4-8-12-15(14)25-17(16)21-19(24)20-13-9-5-3-6-10-13/h13H,2-12H2,1H3,(H2,20,21,24). The lowest BCUT2D eigenvalue weighted by Gasteiger charge is -2.24. The Balaban J connectivity index is 1.77. The number of esters is 1. The minimum Gasteiger partial charge on any atom is -0.462 e. The van der Waals surface area contributed by atoms with Crippen LogP contribution in [-0.4, -0.2) is 23.7 Å². The molecule has 138 valence electrons. The fourth-order valence-electron chi connectivity index (χ4n) is 3.82. The second-order valence-corrected chi connectivity index (χ2v) is 8.44. The zero-order chi connectivity index (χ0) is 17.6. The highest BCUT2D eigenvalue weighted by Gasteiger charge is 2.26. The van der Waals surface area contributed by atoms with Gasteiger partial charge in [0, 0.05) is 10.9 Å². The number of ether oxygens (including phenoxy) is 1.